The van der Waals surface area contributed by atoms with E-state index in [2.05, 4.69) is 0 Å². The first-order valence-corrected chi connectivity index (χ1v) is 4.16. The predicted octanol–water partition coefficient (Wildman–Crippen LogP) is 3.10. The van der Waals surface area contributed by atoms with E-state index < -0.39 is 3.98 Å². The molecule has 0 saturated heterocycles. The van der Waals surface area contributed by atoms with Gasteiger partial charge in [0, 0.05) is 0 Å². The van der Waals surface area contributed by atoms with Crippen LogP contribution in [-0.4, -0.2) is 9.09 Å². The summed E-state index contributed by atoms with van der Waals surface area (Å²) in [4.78, 5) is 0. The van der Waals surface area contributed by atoms with E-state index in [-0.39, 0.29) is 11.5 Å². The van der Waals surface area contributed by atoms with Crippen molar-refractivity contribution in [3.8, 4) is 11.5 Å². The van der Waals surface area contributed by atoms with E-state index in [9.17, 15) is 5.11 Å². The van der Waals surface area contributed by atoms with Crippen molar-refractivity contribution in [1.82, 2.24) is 0 Å². The molecule has 1 rings (SSSR count). The minimum Gasteiger partial charge on any atom is -0.504 e. The maximum atomic E-state index is 9.17. The van der Waals surface area contributed by atoms with Crippen molar-refractivity contribution in [2.75, 3.05) is 0 Å². The first kappa shape index (κ1) is 9.78. The summed E-state index contributed by atoms with van der Waals surface area (Å²) >= 11 is 16.0. The number of rotatable bonds is 1. The van der Waals surface area contributed by atoms with Gasteiger partial charge in [0.2, 0.25) is 0 Å². The summed E-state index contributed by atoms with van der Waals surface area (Å²) in [6.45, 7) is 0. The Balaban J connectivity index is 2.83. The highest BCUT2D eigenvalue weighted by Crippen LogP contribution is 2.34. The van der Waals surface area contributed by atoms with Crippen LogP contribution >= 0.6 is 34.8 Å². The molecular formula is C7H5Cl3O2. The number of hydrogen-bond acceptors (Lipinski definition) is 2. The third-order valence-corrected chi connectivity index (χ3v) is 1.32. The van der Waals surface area contributed by atoms with E-state index >= 15 is 0 Å². The number of hydrogen-bond donors (Lipinski definition) is 1. The van der Waals surface area contributed by atoms with Gasteiger partial charge in [0.25, 0.3) is 0 Å². The molecule has 0 unspecified atom stereocenters. The van der Waals surface area contributed by atoms with Gasteiger partial charge in [-0.25, -0.2) is 0 Å². The standard InChI is InChI=1S/C7H5Cl3O2/c8-7(9,10)12-6-4-2-1-3-5(6)11/h1-4,11H. The molecule has 0 amide bonds. The molecule has 0 aliphatic heterocycles. The van der Waals surface area contributed by atoms with Gasteiger partial charge in [-0.3, -0.25) is 0 Å². The average molecular weight is 227 g/mol. The smallest absolute Gasteiger partial charge is 0.338 e. The van der Waals surface area contributed by atoms with E-state index in [0.717, 1.165) is 0 Å². The highest BCUT2D eigenvalue weighted by atomic mass is 35.6. The number of halogens is 3. The number of ether oxygens (including phenoxy) is 1. The monoisotopic (exact) mass is 226 g/mol. The van der Waals surface area contributed by atoms with E-state index in [4.69, 9.17) is 39.5 Å². The van der Waals surface area contributed by atoms with Crippen LogP contribution < -0.4 is 4.74 Å². The molecule has 0 aromatic heterocycles. The van der Waals surface area contributed by atoms with Gasteiger partial charge in [0.05, 0.1) is 0 Å². The molecule has 0 aliphatic rings. The summed E-state index contributed by atoms with van der Waals surface area (Å²) in [5.74, 6) is 0.0707. The first-order valence-electron chi connectivity index (χ1n) is 3.03. The van der Waals surface area contributed by atoms with Crippen molar-refractivity contribution < 1.29 is 9.84 Å². The zero-order chi connectivity index (χ0) is 9.19. The average Bonchev–Trinajstić information content (AvgIpc) is 1.91. The second-order valence-corrected chi connectivity index (χ2v) is 4.19. The SMILES string of the molecule is Oc1ccccc1OC(Cl)(Cl)Cl. The number of alkyl halides is 3. The largest absolute Gasteiger partial charge is 0.504 e. The second-order valence-electron chi connectivity index (χ2n) is 2.02. The summed E-state index contributed by atoms with van der Waals surface area (Å²) in [5, 5.41) is 9.17. The fourth-order valence-corrected chi connectivity index (χ4v) is 0.918. The minimum absolute atomic E-state index is 0.0659. The van der Waals surface area contributed by atoms with E-state index in [0.29, 0.717) is 0 Å². The fourth-order valence-electron chi connectivity index (χ4n) is 0.668. The third-order valence-electron chi connectivity index (χ3n) is 1.09. The molecule has 5 heteroatoms. The Hall–Kier alpha value is -0.310. The van der Waals surface area contributed by atoms with Crippen molar-refractivity contribution in [3.63, 3.8) is 0 Å². The number of phenols is 1. The molecule has 2 nitrogen and oxygen atoms in total. The number of para-hydroxylation sites is 2. The lowest BCUT2D eigenvalue weighted by molar-refractivity contribution is 0.301. The van der Waals surface area contributed by atoms with Gasteiger partial charge in [0.1, 0.15) is 0 Å². The molecule has 0 spiro atoms. The number of phenolic OH excluding ortho intramolecular Hbond substituents is 1. The molecule has 12 heavy (non-hydrogen) atoms. The summed E-state index contributed by atoms with van der Waals surface area (Å²) in [7, 11) is 0. The molecule has 0 atom stereocenters. The van der Waals surface area contributed by atoms with Gasteiger partial charge >= 0.3 is 3.98 Å². The summed E-state index contributed by atoms with van der Waals surface area (Å²) in [6, 6.07) is 6.23. The maximum Gasteiger partial charge on any atom is 0.338 e. The lowest BCUT2D eigenvalue weighted by Crippen LogP contribution is -2.12. The van der Waals surface area contributed by atoms with Gasteiger partial charge in [-0.05, 0) is 46.9 Å². The van der Waals surface area contributed by atoms with Crippen molar-refractivity contribution in [1.29, 1.82) is 0 Å². The molecule has 0 fully saturated rings. The Morgan fingerprint density at radius 1 is 1.17 bits per heavy atom. The van der Waals surface area contributed by atoms with Crippen molar-refractivity contribution in [3.05, 3.63) is 24.3 Å². The second kappa shape index (κ2) is 3.60. The Morgan fingerprint density at radius 2 is 1.75 bits per heavy atom. The van der Waals surface area contributed by atoms with E-state index in [1.54, 1.807) is 12.1 Å². The van der Waals surface area contributed by atoms with Gasteiger partial charge in [-0.15, -0.1) is 0 Å². The van der Waals surface area contributed by atoms with Crippen LogP contribution in [-0.2, 0) is 0 Å². The highest BCUT2D eigenvalue weighted by molar-refractivity contribution is 6.66. The zero-order valence-electron chi connectivity index (χ0n) is 5.80. The highest BCUT2D eigenvalue weighted by Gasteiger charge is 2.22. The first-order chi connectivity index (χ1) is 5.49. The lowest BCUT2D eigenvalue weighted by atomic mass is 10.3. The third kappa shape index (κ3) is 2.97. The van der Waals surface area contributed by atoms with Crippen LogP contribution in [0, 0.1) is 0 Å². The molecule has 66 valence electrons. The van der Waals surface area contributed by atoms with Crippen LogP contribution in [0.1, 0.15) is 0 Å². The van der Waals surface area contributed by atoms with Gasteiger partial charge in [0.15, 0.2) is 11.5 Å². The van der Waals surface area contributed by atoms with Gasteiger partial charge < -0.3 is 9.84 Å². The van der Waals surface area contributed by atoms with Crippen molar-refractivity contribution in [2.45, 2.75) is 3.98 Å². The van der Waals surface area contributed by atoms with Crippen LogP contribution in [0.25, 0.3) is 0 Å². The molecular weight excluding hydrogens is 222 g/mol. The Bertz CT molecular complexity index is 270. The van der Waals surface area contributed by atoms with Crippen LogP contribution in [0.4, 0.5) is 0 Å². The van der Waals surface area contributed by atoms with Crippen molar-refractivity contribution >= 4 is 34.8 Å². The lowest BCUT2D eigenvalue weighted by Gasteiger charge is -2.13. The number of benzene rings is 1. The normalized spacial score (nSPS) is 11.2. The van der Waals surface area contributed by atoms with Gasteiger partial charge in [-0.2, -0.15) is 0 Å². The van der Waals surface area contributed by atoms with Crippen LogP contribution in [0.2, 0.25) is 0 Å². The maximum absolute atomic E-state index is 9.17. The molecule has 1 aromatic rings. The summed E-state index contributed by atoms with van der Waals surface area (Å²) in [5.41, 5.74) is 0. The Morgan fingerprint density at radius 3 is 2.25 bits per heavy atom. The quantitative estimate of drug-likeness (QED) is 0.747. The predicted molar refractivity (Wildman–Crippen MR) is 49.0 cm³/mol. The van der Waals surface area contributed by atoms with Crippen LogP contribution in [0.5, 0.6) is 11.5 Å². The van der Waals surface area contributed by atoms with E-state index in [1.807, 2.05) is 0 Å². The molecule has 0 heterocycles. The minimum atomic E-state index is -1.85. The number of aromatic hydroxyl groups is 1. The van der Waals surface area contributed by atoms with Crippen molar-refractivity contribution in [2.24, 2.45) is 0 Å². The Labute approximate surface area is 84.6 Å². The Kier molecular flexibility index (Phi) is 2.94. The van der Waals surface area contributed by atoms with Crippen LogP contribution in [0.3, 0.4) is 0 Å². The zero-order valence-corrected chi connectivity index (χ0v) is 8.07. The summed E-state index contributed by atoms with van der Waals surface area (Å²) < 4.78 is 2.93. The molecule has 0 aliphatic carbocycles. The molecule has 1 aromatic carbocycles. The molecule has 0 saturated carbocycles. The summed E-state index contributed by atoms with van der Waals surface area (Å²) in [6.07, 6.45) is 0. The molecule has 0 radical (unpaired) electrons. The molecule has 1 N–H and O–H groups in total. The topological polar surface area (TPSA) is 29.5 Å². The fraction of sp³-hybridized carbons (Fsp3) is 0.143. The van der Waals surface area contributed by atoms with Crippen LogP contribution in [0.15, 0.2) is 24.3 Å². The van der Waals surface area contributed by atoms with Gasteiger partial charge in [-0.1, -0.05) is 12.1 Å². The molecule has 0 bridgehead atoms. The van der Waals surface area contributed by atoms with E-state index in [1.165, 1.54) is 12.1 Å².